The van der Waals surface area contributed by atoms with Crippen molar-refractivity contribution in [3.63, 3.8) is 0 Å². The molecule has 15 heavy (non-hydrogen) atoms. The molecule has 1 aromatic carbocycles. The van der Waals surface area contributed by atoms with Gasteiger partial charge >= 0.3 is 0 Å². The van der Waals surface area contributed by atoms with Gasteiger partial charge in [0.05, 0.1) is 5.02 Å². The van der Waals surface area contributed by atoms with Crippen molar-refractivity contribution in [2.75, 3.05) is 0 Å². The van der Waals surface area contributed by atoms with E-state index >= 15 is 0 Å². The summed E-state index contributed by atoms with van der Waals surface area (Å²) in [5.74, 6) is 0.808. The van der Waals surface area contributed by atoms with Crippen LogP contribution in [0.15, 0.2) is 18.2 Å². The molecule has 1 aliphatic rings. The van der Waals surface area contributed by atoms with Crippen molar-refractivity contribution in [1.82, 2.24) is 0 Å². The van der Waals surface area contributed by atoms with Crippen LogP contribution in [0.3, 0.4) is 0 Å². The lowest BCUT2D eigenvalue weighted by Gasteiger charge is -2.24. The molecule has 0 N–H and O–H groups in total. The van der Waals surface area contributed by atoms with Crippen LogP contribution in [-0.4, -0.2) is 5.78 Å². The van der Waals surface area contributed by atoms with Crippen molar-refractivity contribution in [3.8, 4) is 0 Å². The minimum atomic E-state index is 0.202. The number of rotatable bonds is 3. The Morgan fingerprint density at radius 3 is 2.80 bits per heavy atom. The third kappa shape index (κ3) is 2.40. The first-order valence-electron chi connectivity index (χ1n) is 5.46. The fourth-order valence-electron chi connectivity index (χ4n) is 1.92. The van der Waals surface area contributed by atoms with Crippen LogP contribution in [-0.2, 0) is 0 Å². The minimum absolute atomic E-state index is 0.202. The fraction of sp³-hybridized carbons (Fsp3) is 0.462. The molecule has 0 amide bonds. The molecule has 2 heteroatoms. The molecule has 0 heterocycles. The summed E-state index contributed by atoms with van der Waals surface area (Å²) in [6.07, 6.45) is 4.35. The predicted octanol–water partition coefficient (Wildman–Crippen LogP) is 4.02. The van der Waals surface area contributed by atoms with Gasteiger partial charge in [-0.15, -0.1) is 0 Å². The van der Waals surface area contributed by atoms with E-state index in [4.69, 9.17) is 11.6 Å². The Balaban J connectivity index is 2.12. The number of hydrogen-bond donors (Lipinski definition) is 0. The van der Waals surface area contributed by atoms with E-state index in [1.165, 1.54) is 19.3 Å². The summed E-state index contributed by atoms with van der Waals surface area (Å²) in [4.78, 5) is 11.9. The first kappa shape index (κ1) is 10.7. The number of halogens is 1. The van der Waals surface area contributed by atoms with Crippen molar-refractivity contribution < 1.29 is 4.79 Å². The summed E-state index contributed by atoms with van der Waals surface area (Å²) in [6.45, 7) is 1.98. The van der Waals surface area contributed by atoms with Crippen molar-refractivity contribution in [1.29, 1.82) is 0 Å². The average Bonchev–Trinajstić information content (AvgIpc) is 2.15. The number of aryl methyl sites for hydroxylation is 1. The third-order valence-corrected chi connectivity index (χ3v) is 3.45. The topological polar surface area (TPSA) is 17.1 Å². The van der Waals surface area contributed by atoms with E-state index in [2.05, 4.69) is 0 Å². The van der Waals surface area contributed by atoms with E-state index in [0.717, 1.165) is 5.56 Å². The second-order valence-corrected chi connectivity index (χ2v) is 4.81. The Labute approximate surface area is 95.4 Å². The van der Waals surface area contributed by atoms with E-state index in [0.29, 0.717) is 22.9 Å². The van der Waals surface area contributed by atoms with Gasteiger partial charge in [-0.3, -0.25) is 4.79 Å². The molecule has 0 unspecified atom stereocenters. The lowest BCUT2D eigenvalue weighted by molar-refractivity contribution is 0.0936. The molecule has 80 valence electrons. The molecule has 0 atom stereocenters. The molecule has 0 aliphatic heterocycles. The van der Waals surface area contributed by atoms with Gasteiger partial charge in [0.2, 0.25) is 0 Å². The molecule has 1 fully saturated rings. The van der Waals surface area contributed by atoms with Gasteiger partial charge in [-0.05, 0) is 25.0 Å². The quantitative estimate of drug-likeness (QED) is 0.706. The first-order valence-corrected chi connectivity index (χ1v) is 5.84. The second kappa shape index (κ2) is 4.36. The highest BCUT2D eigenvalue weighted by molar-refractivity contribution is 6.34. The van der Waals surface area contributed by atoms with Crippen LogP contribution in [0.4, 0.5) is 0 Å². The van der Waals surface area contributed by atoms with Gasteiger partial charge in [-0.2, -0.15) is 0 Å². The zero-order valence-electron chi connectivity index (χ0n) is 8.92. The number of ketones is 1. The van der Waals surface area contributed by atoms with Crippen LogP contribution in [0.5, 0.6) is 0 Å². The normalized spacial score (nSPS) is 16.1. The Hall–Kier alpha value is -0.820. The number of hydrogen-bond acceptors (Lipinski definition) is 1. The van der Waals surface area contributed by atoms with Crippen LogP contribution in [0.2, 0.25) is 5.02 Å². The van der Waals surface area contributed by atoms with Crippen LogP contribution in [0.25, 0.3) is 0 Å². The third-order valence-electron chi connectivity index (χ3n) is 3.12. The van der Waals surface area contributed by atoms with Crippen LogP contribution in [0.1, 0.15) is 41.6 Å². The van der Waals surface area contributed by atoms with E-state index in [9.17, 15) is 4.79 Å². The van der Waals surface area contributed by atoms with Crippen LogP contribution in [0, 0.1) is 12.8 Å². The summed E-state index contributed by atoms with van der Waals surface area (Å²) in [5.41, 5.74) is 1.79. The molecule has 0 aromatic heterocycles. The highest BCUT2D eigenvalue weighted by Crippen LogP contribution is 2.31. The summed E-state index contributed by atoms with van der Waals surface area (Å²) in [7, 11) is 0. The molecular formula is C13H15ClO. The molecular weight excluding hydrogens is 208 g/mol. The maximum Gasteiger partial charge on any atom is 0.164 e. The monoisotopic (exact) mass is 222 g/mol. The SMILES string of the molecule is Cc1ccc(Cl)c(C(=O)CC2CCC2)c1. The molecule has 1 aliphatic carbocycles. The predicted molar refractivity (Wildman–Crippen MR) is 62.5 cm³/mol. The lowest BCUT2D eigenvalue weighted by atomic mass is 9.81. The van der Waals surface area contributed by atoms with E-state index in [1.807, 2.05) is 25.1 Å². The molecule has 1 aromatic rings. The molecule has 0 radical (unpaired) electrons. The van der Waals surface area contributed by atoms with Gasteiger partial charge in [0.15, 0.2) is 5.78 Å². The van der Waals surface area contributed by atoms with Gasteiger partial charge < -0.3 is 0 Å². The summed E-state index contributed by atoms with van der Waals surface area (Å²) >= 11 is 6.01. The van der Waals surface area contributed by atoms with Gasteiger partial charge in [0.1, 0.15) is 0 Å². The van der Waals surface area contributed by atoms with Gasteiger partial charge in [0.25, 0.3) is 0 Å². The maximum absolute atomic E-state index is 11.9. The smallest absolute Gasteiger partial charge is 0.164 e. The van der Waals surface area contributed by atoms with Gasteiger partial charge in [0, 0.05) is 12.0 Å². The minimum Gasteiger partial charge on any atom is -0.294 e. The summed E-state index contributed by atoms with van der Waals surface area (Å²) < 4.78 is 0. The van der Waals surface area contributed by atoms with Crippen molar-refractivity contribution in [2.24, 2.45) is 5.92 Å². The molecule has 1 saturated carbocycles. The van der Waals surface area contributed by atoms with Gasteiger partial charge in [-0.1, -0.05) is 42.5 Å². The highest BCUT2D eigenvalue weighted by atomic mass is 35.5. The maximum atomic E-state index is 11.9. The standard InChI is InChI=1S/C13H15ClO/c1-9-5-6-12(14)11(7-9)13(15)8-10-3-2-4-10/h5-7,10H,2-4,8H2,1H3. The summed E-state index contributed by atoms with van der Waals surface area (Å²) in [6, 6.07) is 5.64. The summed E-state index contributed by atoms with van der Waals surface area (Å²) in [5, 5.41) is 0.588. The number of carbonyl (C=O) groups excluding carboxylic acids is 1. The zero-order valence-corrected chi connectivity index (χ0v) is 9.68. The van der Waals surface area contributed by atoms with Crippen LogP contribution >= 0.6 is 11.6 Å². The van der Waals surface area contributed by atoms with Crippen molar-refractivity contribution in [3.05, 3.63) is 34.3 Å². The zero-order chi connectivity index (χ0) is 10.8. The lowest BCUT2D eigenvalue weighted by Crippen LogP contribution is -2.16. The largest absolute Gasteiger partial charge is 0.294 e. The first-order chi connectivity index (χ1) is 7.16. The number of carbonyl (C=O) groups is 1. The Morgan fingerprint density at radius 1 is 1.47 bits per heavy atom. The molecule has 2 rings (SSSR count). The average molecular weight is 223 g/mol. The molecule has 0 spiro atoms. The number of Topliss-reactive ketones (excluding diaryl/α,β-unsaturated/α-hetero) is 1. The van der Waals surface area contributed by atoms with Crippen LogP contribution < -0.4 is 0 Å². The van der Waals surface area contributed by atoms with Crippen molar-refractivity contribution in [2.45, 2.75) is 32.6 Å². The second-order valence-electron chi connectivity index (χ2n) is 4.41. The molecule has 1 nitrogen and oxygen atoms in total. The fourth-order valence-corrected chi connectivity index (χ4v) is 2.14. The number of benzene rings is 1. The Morgan fingerprint density at radius 2 is 2.20 bits per heavy atom. The Kier molecular flexibility index (Phi) is 3.11. The van der Waals surface area contributed by atoms with Crippen molar-refractivity contribution >= 4 is 17.4 Å². The van der Waals surface area contributed by atoms with E-state index < -0.39 is 0 Å². The van der Waals surface area contributed by atoms with E-state index in [1.54, 1.807) is 0 Å². The highest BCUT2D eigenvalue weighted by Gasteiger charge is 2.22. The Bertz CT molecular complexity index is 380. The molecule has 0 bridgehead atoms. The molecule has 0 saturated heterocycles. The van der Waals surface area contributed by atoms with E-state index in [-0.39, 0.29) is 5.78 Å². The van der Waals surface area contributed by atoms with Gasteiger partial charge in [-0.25, -0.2) is 0 Å².